The molecule has 8 heteroatoms. The summed E-state index contributed by atoms with van der Waals surface area (Å²) in [6, 6.07) is 15.0. The number of benzene rings is 3. The molecule has 0 amide bonds. The molecule has 0 fully saturated rings. The molecule has 0 aliphatic heterocycles. The Balaban J connectivity index is 2.06. The van der Waals surface area contributed by atoms with Crippen LogP contribution in [0.2, 0.25) is 0 Å². The molecule has 4 rings (SSSR count). The van der Waals surface area contributed by atoms with Gasteiger partial charge < -0.3 is 20.1 Å². The van der Waals surface area contributed by atoms with Gasteiger partial charge in [-0.25, -0.2) is 14.2 Å². The first kappa shape index (κ1) is 20.9. The maximum absolute atomic E-state index is 14.1. The lowest BCUT2D eigenvalue weighted by atomic mass is 10.1. The zero-order chi connectivity index (χ0) is 23.0. The molecule has 0 spiro atoms. The quantitative estimate of drug-likeness (QED) is 0.418. The van der Waals surface area contributed by atoms with E-state index < -0.39 is 17.3 Å². The van der Waals surface area contributed by atoms with Crippen LogP contribution in [-0.2, 0) is 0 Å². The second kappa shape index (κ2) is 8.07. The van der Waals surface area contributed by atoms with E-state index in [-0.39, 0.29) is 17.3 Å². The number of carboxylic acids is 1. The van der Waals surface area contributed by atoms with Crippen LogP contribution in [-0.4, -0.2) is 37.9 Å². The van der Waals surface area contributed by atoms with Crippen LogP contribution in [0, 0.1) is 12.7 Å². The molecule has 1 heterocycles. The molecule has 7 nitrogen and oxygen atoms in total. The molecule has 0 aliphatic carbocycles. The highest BCUT2D eigenvalue weighted by molar-refractivity contribution is 5.89. The SMILES string of the molecule is COc1ccc(O)c(-c2nc(-c3ccccc3O)c(C)n2-c2ccc(F)c(C(=O)O)c2)c1. The Morgan fingerprint density at radius 3 is 2.41 bits per heavy atom. The summed E-state index contributed by atoms with van der Waals surface area (Å²) in [7, 11) is 1.49. The Morgan fingerprint density at radius 1 is 1.00 bits per heavy atom. The number of aromatic carboxylic acids is 1. The fraction of sp³-hybridized carbons (Fsp3) is 0.0833. The molecule has 3 N–H and O–H groups in total. The third-order valence-corrected chi connectivity index (χ3v) is 5.15. The molecule has 0 radical (unpaired) electrons. The third-order valence-electron chi connectivity index (χ3n) is 5.15. The summed E-state index contributed by atoms with van der Waals surface area (Å²) < 4.78 is 20.9. The minimum Gasteiger partial charge on any atom is -0.507 e. The molecule has 0 bridgehead atoms. The average Bonchev–Trinajstić information content (AvgIpc) is 3.11. The largest absolute Gasteiger partial charge is 0.507 e. The van der Waals surface area contributed by atoms with Gasteiger partial charge in [-0.2, -0.15) is 0 Å². The first-order valence-electron chi connectivity index (χ1n) is 9.60. The number of aromatic hydroxyl groups is 2. The normalized spacial score (nSPS) is 10.8. The van der Waals surface area contributed by atoms with Gasteiger partial charge in [0.15, 0.2) is 0 Å². The van der Waals surface area contributed by atoms with E-state index in [1.807, 2.05) is 0 Å². The third kappa shape index (κ3) is 3.51. The van der Waals surface area contributed by atoms with Crippen LogP contribution < -0.4 is 4.74 Å². The van der Waals surface area contributed by atoms with Crippen LogP contribution in [0.25, 0.3) is 28.3 Å². The average molecular weight is 434 g/mol. The number of imidazole rings is 1. The maximum Gasteiger partial charge on any atom is 0.338 e. The van der Waals surface area contributed by atoms with Crippen molar-refractivity contribution in [2.24, 2.45) is 0 Å². The Kier molecular flexibility index (Phi) is 5.28. The molecular formula is C24H19FN2O5. The number of hydrogen-bond acceptors (Lipinski definition) is 5. The summed E-state index contributed by atoms with van der Waals surface area (Å²) in [5.41, 5.74) is 1.56. The van der Waals surface area contributed by atoms with E-state index in [0.717, 1.165) is 6.07 Å². The van der Waals surface area contributed by atoms with Gasteiger partial charge in [-0.05, 0) is 55.5 Å². The minimum absolute atomic E-state index is 0.00648. The molecule has 1 aromatic heterocycles. The van der Waals surface area contributed by atoms with Gasteiger partial charge in [-0.1, -0.05) is 12.1 Å². The molecule has 4 aromatic rings. The van der Waals surface area contributed by atoms with E-state index in [4.69, 9.17) is 4.74 Å². The molecule has 3 aromatic carbocycles. The van der Waals surface area contributed by atoms with Gasteiger partial charge in [0.05, 0.1) is 23.9 Å². The number of hydrogen-bond donors (Lipinski definition) is 3. The van der Waals surface area contributed by atoms with Crippen molar-refractivity contribution in [3.8, 4) is 45.6 Å². The van der Waals surface area contributed by atoms with Crippen LogP contribution in [0.1, 0.15) is 16.1 Å². The number of rotatable bonds is 5. The number of phenols is 2. The lowest BCUT2D eigenvalue weighted by molar-refractivity contribution is 0.0692. The van der Waals surface area contributed by atoms with Gasteiger partial charge >= 0.3 is 5.97 Å². The van der Waals surface area contributed by atoms with Crippen molar-refractivity contribution in [2.45, 2.75) is 6.92 Å². The lowest BCUT2D eigenvalue weighted by Crippen LogP contribution is -2.05. The van der Waals surface area contributed by atoms with Gasteiger partial charge in [0.2, 0.25) is 0 Å². The number of nitrogens with zero attached hydrogens (tertiary/aromatic N) is 2. The number of halogens is 1. The Labute approximate surface area is 182 Å². The topological polar surface area (TPSA) is 105 Å². The van der Waals surface area contributed by atoms with E-state index >= 15 is 0 Å². The molecule has 0 aliphatic rings. The lowest BCUT2D eigenvalue weighted by Gasteiger charge is -2.13. The van der Waals surface area contributed by atoms with Crippen molar-refractivity contribution < 1.29 is 29.2 Å². The van der Waals surface area contributed by atoms with Gasteiger partial charge in [0, 0.05) is 16.9 Å². The summed E-state index contributed by atoms with van der Waals surface area (Å²) in [4.78, 5) is 16.2. The molecule has 0 saturated heterocycles. The standard InChI is InChI=1S/C24H19FN2O5/c1-13-22(16-5-3-4-6-20(16)28)26-23(18-12-15(32-2)8-10-21(18)29)27(13)14-7-9-19(25)17(11-14)24(30)31/h3-12,28-29H,1-2H3,(H,30,31). The van der Waals surface area contributed by atoms with Gasteiger partial charge in [-0.15, -0.1) is 0 Å². The maximum atomic E-state index is 14.1. The summed E-state index contributed by atoms with van der Waals surface area (Å²) in [6.45, 7) is 1.74. The Hall–Kier alpha value is -4.33. The number of carboxylic acid groups (broad SMARTS) is 1. The second-order valence-electron chi connectivity index (χ2n) is 7.07. The number of para-hydroxylation sites is 1. The van der Waals surface area contributed by atoms with Gasteiger partial charge in [0.25, 0.3) is 0 Å². The van der Waals surface area contributed by atoms with Crippen LogP contribution in [0.3, 0.4) is 0 Å². The van der Waals surface area contributed by atoms with Crippen molar-refractivity contribution in [2.75, 3.05) is 7.11 Å². The van der Waals surface area contributed by atoms with E-state index in [0.29, 0.717) is 34.0 Å². The number of methoxy groups -OCH3 is 1. The highest BCUT2D eigenvalue weighted by Crippen LogP contribution is 2.39. The zero-order valence-electron chi connectivity index (χ0n) is 17.2. The van der Waals surface area contributed by atoms with Crippen LogP contribution >= 0.6 is 0 Å². The fourth-order valence-electron chi connectivity index (χ4n) is 3.56. The molecule has 32 heavy (non-hydrogen) atoms. The first-order chi connectivity index (χ1) is 15.3. The predicted molar refractivity (Wildman–Crippen MR) is 116 cm³/mol. The molecular weight excluding hydrogens is 415 g/mol. The van der Waals surface area contributed by atoms with E-state index in [1.165, 1.54) is 31.4 Å². The van der Waals surface area contributed by atoms with E-state index in [1.54, 1.807) is 41.8 Å². The predicted octanol–water partition coefficient (Wildman–Crippen LogP) is 4.77. The van der Waals surface area contributed by atoms with Crippen LogP contribution in [0.5, 0.6) is 17.2 Å². The number of ether oxygens (including phenoxy) is 1. The summed E-state index contributed by atoms with van der Waals surface area (Å²) in [5, 5.41) is 30.3. The Morgan fingerprint density at radius 2 is 1.72 bits per heavy atom. The number of aromatic nitrogens is 2. The highest BCUT2D eigenvalue weighted by Gasteiger charge is 2.23. The van der Waals surface area contributed by atoms with Crippen molar-refractivity contribution >= 4 is 5.97 Å². The van der Waals surface area contributed by atoms with Crippen molar-refractivity contribution in [1.82, 2.24) is 9.55 Å². The highest BCUT2D eigenvalue weighted by atomic mass is 19.1. The monoisotopic (exact) mass is 434 g/mol. The smallest absolute Gasteiger partial charge is 0.338 e. The van der Waals surface area contributed by atoms with E-state index in [9.17, 15) is 24.5 Å². The number of phenolic OH excluding ortho intramolecular Hbond substituents is 2. The zero-order valence-corrected chi connectivity index (χ0v) is 17.2. The van der Waals surface area contributed by atoms with Crippen molar-refractivity contribution in [3.05, 3.63) is 77.7 Å². The fourth-order valence-corrected chi connectivity index (χ4v) is 3.56. The number of carbonyl (C=O) groups is 1. The van der Waals surface area contributed by atoms with Crippen molar-refractivity contribution in [1.29, 1.82) is 0 Å². The minimum atomic E-state index is -1.41. The summed E-state index contributed by atoms with van der Waals surface area (Å²) in [6.07, 6.45) is 0. The summed E-state index contributed by atoms with van der Waals surface area (Å²) in [5.74, 6) is -1.62. The molecule has 0 saturated carbocycles. The molecule has 0 atom stereocenters. The molecule has 162 valence electrons. The Bertz CT molecular complexity index is 1350. The van der Waals surface area contributed by atoms with E-state index in [2.05, 4.69) is 4.98 Å². The first-order valence-corrected chi connectivity index (χ1v) is 9.60. The molecule has 0 unspecified atom stereocenters. The van der Waals surface area contributed by atoms with Gasteiger partial charge in [-0.3, -0.25) is 4.57 Å². The van der Waals surface area contributed by atoms with Crippen LogP contribution in [0.4, 0.5) is 4.39 Å². The van der Waals surface area contributed by atoms with Crippen LogP contribution in [0.15, 0.2) is 60.7 Å². The second-order valence-corrected chi connectivity index (χ2v) is 7.07. The summed E-state index contributed by atoms with van der Waals surface area (Å²) >= 11 is 0. The van der Waals surface area contributed by atoms with Gasteiger partial charge in [0.1, 0.15) is 28.9 Å². The van der Waals surface area contributed by atoms with Crippen molar-refractivity contribution in [3.63, 3.8) is 0 Å².